The van der Waals surface area contributed by atoms with Crippen molar-refractivity contribution < 1.29 is 0 Å². The van der Waals surface area contributed by atoms with Gasteiger partial charge in [-0.15, -0.1) is 0 Å². The van der Waals surface area contributed by atoms with E-state index in [-0.39, 0.29) is 0 Å². The fraction of sp³-hybridized carbons (Fsp3) is 0.167. The molecule has 2 aromatic rings. The third kappa shape index (κ3) is 3.47. The number of aryl methyl sites for hydroxylation is 1. The third-order valence-corrected chi connectivity index (χ3v) is 3.56. The van der Waals surface area contributed by atoms with Crippen LogP contribution >= 0.6 is 0 Å². The average Bonchev–Trinajstić information content (AvgIpc) is 2.54. The maximum atomic E-state index is 5.79. The van der Waals surface area contributed by atoms with E-state index in [4.69, 9.17) is 5.73 Å². The van der Waals surface area contributed by atoms with Crippen molar-refractivity contribution in [2.75, 3.05) is 24.7 Å². The molecule has 4 heteroatoms. The van der Waals surface area contributed by atoms with E-state index < -0.39 is 0 Å². The molecule has 22 heavy (non-hydrogen) atoms. The Morgan fingerprint density at radius 3 is 2.27 bits per heavy atom. The van der Waals surface area contributed by atoms with E-state index in [1.165, 1.54) is 5.56 Å². The molecule has 0 saturated heterocycles. The van der Waals surface area contributed by atoms with Crippen LogP contribution in [0.2, 0.25) is 0 Å². The molecule has 0 aliphatic heterocycles. The minimum absolute atomic E-state index is 0.531. The van der Waals surface area contributed by atoms with E-state index in [1.54, 1.807) is 7.05 Å². The summed E-state index contributed by atoms with van der Waals surface area (Å²) in [5.41, 5.74) is 11.9. The fourth-order valence-electron chi connectivity index (χ4n) is 2.25. The standard InChI is InChI=1S/C18H22N4/c1-12-11-16(20-3)9-10-17(12)13(2)22-15-7-5-14(6-8-15)18(19)21-4/h5-11,20,22H,2H2,1,3-4H3,(H2,19,21). The summed E-state index contributed by atoms with van der Waals surface area (Å²) in [6, 6.07) is 14.0. The molecule has 0 atom stereocenters. The Kier molecular flexibility index (Phi) is 4.84. The smallest absolute Gasteiger partial charge is 0.125 e. The van der Waals surface area contributed by atoms with Gasteiger partial charge in [0.05, 0.1) is 0 Å². The number of benzene rings is 2. The Morgan fingerprint density at radius 2 is 1.73 bits per heavy atom. The van der Waals surface area contributed by atoms with Crippen LogP contribution in [-0.4, -0.2) is 19.9 Å². The molecular formula is C18H22N4. The first-order valence-corrected chi connectivity index (χ1v) is 7.12. The van der Waals surface area contributed by atoms with Gasteiger partial charge in [-0.05, 0) is 48.9 Å². The van der Waals surface area contributed by atoms with Crippen LogP contribution in [0.4, 0.5) is 11.4 Å². The van der Waals surface area contributed by atoms with Gasteiger partial charge < -0.3 is 16.4 Å². The molecule has 0 bridgehead atoms. The normalized spacial score (nSPS) is 11.1. The quantitative estimate of drug-likeness (QED) is 0.584. The van der Waals surface area contributed by atoms with Gasteiger partial charge in [-0.1, -0.05) is 12.6 Å². The number of hydrogen-bond donors (Lipinski definition) is 3. The van der Waals surface area contributed by atoms with Gasteiger partial charge in [0.1, 0.15) is 5.84 Å². The first kappa shape index (κ1) is 15.6. The van der Waals surface area contributed by atoms with Crippen molar-refractivity contribution >= 4 is 22.9 Å². The van der Waals surface area contributed by atoms with Crippen LogP contribution in [0.3, 0.4) is 0 Å². The molecule has 0 heterocycles. The Labute approximate surface area is 131 Å². The zero-order valence-electron chi connectivity index (χ0n) is 13.3. The van der Waals surface area contributed by atoms with Gasteiger partial charge in [0, 0.05) is 42.3 Å². The third-order valence-electron chi connectivity index (χ3n) is 3.56. The van der Waals surface area contributed by atoms with Crippen molar-refractivity contribution in [1.29, 1.82) is 0 Å². The molecule has 0 radical (unpaired) electrons. The van der Waals surface area contributed by atoms with Gasteiger partial charge in [-0.2, -0.15) is 0 Å². The minimum atomic E-state index is 0.531. The Balaban J connectivity index is 2.15. The highest BCUT2D eigenvalue weighted by molar-refractivity contribution is 5.97. The summed E-state index contributed by atoms with van der Waals surface area (Å²) in [7, 11) is 3.59. The van der Waals surface area contributed by atoms with Gasteiger partial charge in [-0.3, -0.25) is 4.99 Å². The molecule has 0 aromatic heterocycles. The Hall–Kier alpha value is -2.75. The molecule has 0 amide bonds. The van der Waals surface area contributed by atoms with Gasteiger partial charge in [0.2, 0.25) is 0 Å². The summed E-state index contributed by atoms with van der Waals surface area (Å²) in [5.74, 6) is 0.531. The molecule has 114 valence electrons. The van der Waals surface area contributed by atoms with Crippen molar-refractivity contribution in [1.82, 2.24) is 0 Å². The van der Waals surface area contributed by atoms with Gasteiger partial charge in [0.25, 0.3) is 0 Å². The number of nitrogens with zero attached hydrogens (tertiary/aromatic N) is 1. The van der Waals surface area contributed by atoms with Crippen LogP contribution in [-0.2, 0) is 0 Å². The van der Waals surface area contributed by atoms with Crippen LogP contribution in [0.25, 0.3) is 5.70 Å². The van der Waals surface area contributed by atoms with Crippen molar-refractivity contribution in [2.24, 2.45) is 10.7 Å². The summed E-state index contributed by atoms with van der Waals surface area (Å²) < 4.78 is 0. The second kappa shape index (κ2) is 6.80. The van der Waals surface area contributed by atoms with Crippen molar-refractivity contribution in [3.05, 3.63) is 65.7 Å². The van der Waals surface area contributed by atoms with E-state index in [1.807, 2.05) is 37.4 Å². The highest BCUT2D eigenvalue weighted by Crippen LogP contribution is 2.23. The van der Waals surface area contributed by atoms with Gasteiger partial charge in [0.15, 0.2) is 0 Å². The van der Waals surface area contributed by atoms with Gasteiger partial charge in [-0.25, -0.2) is 0 Å². The van der Waals surface area contributed by atoms with E-state index in [2.05, 4.69) is 41.3 Å². The summed E-state index contributed by atoms with van der Waals surface area (Å²) in [6.07, 6.45) is 0. The fourth-order valence-corrected chi connectivity index (χ4v) is 2.25. The summed E-state index contributed by atoms with van der Waals surface area (Å²) in [6.45, 7) is 6.20. The van der Waals surface area contributed by atoms with Crippen LogP contribution in [0.1, 0.15) is 16.7 Å². The van der Waals surface area contributed by atoms with Crippen LogP contribution < -0.4 is 16.4 Å². The molecule has 4 nitrogen and oxygen atoms in total. The summed E-state index contributed by atoms with van der Waals surface area (Å²) in [4.78, 5) is 3.98. The number of nitrogens with one attached hydrogen (secondary N) is 2. The molecule has 0 aliphatic rings. The summed E-state index contributed by atoms with van der Waals surface area (Å²) in [5, 5.41) is 6.46. The highest BCUT2D eigenvalue weighted by Gasteiger charge is 2.05. The molecule has 0 aliphatic carbocycles. The number of aliphatic imine (C=N–C) groups is 1. The average molecular weight is 294 g/mol. The molecular weight excluding hydrogens is 272 g/mol. The van der Waals surface area contributed by atoms with Crippen molar-refractivity contribution in [3.8, 4) is 0 Å². The van der Waals surface area contributed by atoms with E-state index in [9.17, 15) is 0 Å². The molecule has 0 saturated carbocycles. The minimum Gasteiger partial charge on any atom is -0.388 e. The maximum absolute atomic E-state index is 5.79. The largest absolute Gasteiger partial charge is 0.388 e. The maximum Gasteiger partial charge on any atom is 0.125 e. The molecule has 4 N–H and O–H groups in total. The monoisotopic (exact) mass is 294 g/mol. The van der Waals surface area contributed by atoms with Crippen molar-refractivity contribution in [2.45, 2.75) is 6.92 Å². The predicted octanol–water partition coefficient (Wildman–Crippen LogP) is 3.45. The molecule has 2 aromatic carbocycles. The zero-order valence-corrected chi connectivity index (χ0v) is 13.3. The lowest BCUT2D eigenvalue weighted by Gasteiger charge is -2.14. The highest BCUT2D eigenvalue weighted by atomic mass is 14.9. The molecule has 2 rings (SSSR count). The first-order valence-electron chi connectivity index (χ1n) is 7.12. The predicted molar refractivity (Wildman–Crippen MR) is 96.5 cm³/mol. The molecule has 0 spiro atoms. The Bertz CT molecular complexity index is 700. The van der Waals surface area contributed by atoms with E-state index in [0.717, 1.165) is 28.2 Å². The first-order chi connectivity index (χ1) is 10.5. The second-order valence-corrected chi connectivity index (χ2v) is 5.07. The van der Waals surface area contributed by atoms with Crippen molar-refractivity contribution in [3.63, 3.8) is 0 Å². The van der Waals surface area contributed by atoms with Crippen LogP contribution in [0.5, 0.6) is 0 Å². The van der Waals surface area contributed by atoms with Crippen LogP contribution in [0, 0.1) is 6.92 Å². The molecule has 0 fully saturated rings. The number of hydrogen-bond acceptors (Lipinski definition) is 3. The zero-order chi connectivity index (χ0) is 16.1. The summed E-state index contributed by atoms with van der Waals surface area (Å²) >= 11 is 0. The SMILES string of the molecule is C=C(Nc1ccc(C(N)=NC)cc1)c1ccc(NC)cc1C. The van der Waals surface area contributed by atoms with Crippen LogP contribution in [0.15, 0.2) is 54.0 Å². The number of anilines is 2. The lowest BCUT2D eigenvalue weighted by atomic mass is 10.0. The second-order valence-electron chi connectivity index (χ2n) is 5.07. The lowest BCUT2D eigenvalue weighted by molar-refractivity contribution is 1.38. The lowest BCUT2D eigenvalue weighted by Crippen LogP contribution is -2.12. The van der Waals surface area contributed by atoms with E-state index in [0.29, 0.717) is 5.84 Å². The van der Waals surface area contributed by atoms with Gasteiger partial charge >= 0.3 is 0 Å². The Morgan fingerprint density at radius 1 is 1.09 bits per heavy atom. The van der Waals surface area contributed by atoms with E-state index >= 15 is 0 Å². The number of nitrogens with two attached hydrogens (primary N) is 1. The topological polar surface area (TPSA) is 62.4 Å². The number of amidine groups is 1. The number of rotatable bonds is 5. The molecule has 0 unspecified atom stereocenters.